The van der Waals surface area contributed by atoms with E-state index in [9.17, 15) is 18.0 Å². The first-order valence-electron chi connectivity index (χ1n) is 8.57. The Bertz CT molecular complexity index is 1000. The second kappa shape index (κ2) is 8.69. The van der Waals surface area contributed by atoms with Crippen molar-refractivity contribution < 1.29 is 22.7 Å². The van der Waals surface area contributed by atoms with Gasteiger partial charge in [0.05, 0.1) is 12.1 Å². The minimum absolute atomic E-state index is 0.0763. The Balaban J connectivity index is 1.78. The van der Waals surface area contributed by atoms with E-state index >= 15 is 0 Å². The predicted molar refractivity (Wildman–Crippen MR) is 105 cm³/mol. The molecule has 3 rings (SSSR count). The third kappa shape index (κ3) is 5.60. The molecule has 9 heteroatoms. The van der Waals surface area contributed by atoms with Crippen molar-refractivity contribution in [1.29, 1.82) is 0 Å². The summed E-state index contributed by atoms with van der Waals surface area (Å²) in [7, 11) is 1.50. The summed E-state index contributed by atoms with van der Waals surface area (Å²) in [6, 6.07) is 13.9. The lowest BCUT2D eigenvalue weighted by Gasteiger charge is -2.20. The molecule has 152 valence electrons. The molecule has 29 heavy (non-hydrogen) atoms. The maximum Gasteiger partial charge on any atom is 0.406 e. The van der Waals surface area contributed by atoms with Gasteiger partial charge in [-0.2, -0.15) is 13.2 Å². The number of amides is 1. The number of halogens is 4. The van der Waals surface area contributed by atoms with Crippen LogP contribution in [0.3, 0.4) is 0 Å². The van der Waals surface area contributed by atoms with E-state index in [1.165, 1.54) is 24.3 Å². The largest absolute Gasteiger partial charge is 0.456 e. The van der Waals surface area contributed by atoms with Crippen molar-refractivity contribution in [3.05, 3.63) is 76.8 Å². The lowest BCUT2D eigenvalue weighted by Crippen LogP contribution is -2.29. The van der Waals surface area contributed by atoms with Crippen LogP contribution in [0.2, 0.25) is 0 Å². The molecule has 0 bridgehead atoms. The lowest BCUT2D eigenvalue weighted by molar-refractivity contribution is -0.141. The number of carbonyl (C=O) groups is 1. The van der Waals surface area contributed by atoms with Crippen LogP contribution in [-0.4, -0.2) is 33.6 Å². The molecule has 3 aromatic rings. The van der Waals surface area contributed by atoms with E-state index in [0.29, 0.717) is 17.1 Å². The molecule has 1 amide bonds. The Morgan fingerprint density at radius 1 is 1.21 bits per heavy atom. The molecule has 0 fully saturated rings. The maximum absolute atomic E-state index is 12.9. The second-order valence-corrected chi connectivity index (χ2v) is 7.22. The van der Waals surface area contributed by atoms with Crippen molar-refractivity contribution in [3.63, 3.8) is 0 Å². The molecule has 0 aliphatic heterocycles. The van der Waals surface area contributed by atoms with Gasteiger partial charge in [-0.25, -0.2) is 4.98 Å². The number of imidazole rings is 1. The summed E-state index contributed by atoms with van der Waals surface area (Å²) >= 11 is 3.36. The van der Waals surface area contributed by atoms with Crippen LogP contribution in [0.1, 0.15) is 16.2 Å². The first-order chi connectivity index (χ1) is 13.7. The molecule has 0 aliphatic rings. The number of aromatic nitrogens is 2. The highest BCUT2D eigenvalue weighted by molar-refractivity contribution is 9.10. The van der Waals surface area contributed by atoms with Crippen LogP contribution in [0, 0.1) is 0 Å². The van der Waals surface area contributed by atoms with Gasteiger partial charge in [0.25, 0.3) is 5.91 Å². The van der Waals surface area contributed by atoms with Crippen molar-refractivity contribution >= 4 is 21.8 Å². The van der Waals surface area contributed by atoms with Gasteiger partial charge >= 0.3 is 6.18 Å². The van der Waals surface area contributed by atoms with Crippen LogP contribution in [0.5, 0.6) is 11.5 Å². The van der Waals surface area contributed by atoms with Gasteiger partial charge in [0.15, 0.2) is 0 Å². The van der Waals surface area contributed by atoms with Gasteiger partial charge in [0.1, 0.15) is 23.9 Å². The van der Waals surface area contributed by atoms with Crippen LogP contribution in [0.4, 0.5) is 13.2 Å². The Morgan fingerprint density at radius 3 is 2.69 bits per heavy atom. The zero-order valence-corrected chi connectivity index (χ0v) is 16.9. The number of nitrogens with zero attached hydrogens (tertiary/aromatic N) is 3. The molecule has 1 heterocycles. The minimum Gasteiger partial charge on any atom is -0.456 e. The second-order valence-electron chi connectivity index (χ2n) is 6.30. The summed E-state index contributed by atoms with van der Waals surface area (Å²) in [5.74, 6) is 0.643. The van der Waals surface area contributed by atoms with Crippen molar-refractivity contribution in [3.8, 4) is 11.5 Å². The molecule has 0 unspecified atom stereocenters. The fraction of sp³-hybridized carbons (Fsp3) is 0.200. The third-order valence-electron chi connectivity index (χ3n) is 4.02. The normalized spacial score (nSPS) is 11.3. The van der Waals surface area contributed by atoms with E-state index in [2.05, 4.69) is 20.9 Å². The number of benzene rings is 2. The molecule has 0 N–H and O–H groups in total. The first kappa shape index (κ1) is 20.9. The van der Waals surface area contributed by atoms with E-state index in [0.717, 1.165) is 9.04 Å². The molecule has 0 radical (unpaired) electrons. The van der Waals surface area contributed by atoms with Gasteiger partial charge in [0, 0.05) is 23.9 Å². The van der Waals surface area contributed by atoms with E-state index in [-0.39, 0.29) is 12.4 Å². The lowest BCUT2D eigenvalue weighted by atomic mass is 10.1. The predicted octanol–water partition coefficient (Wildman–Crippen LogP) is 5.27. The Labute approximate surface area is 173 Å². The summed E-state index contributed by atoms with van der Waals surface area (Å²) in [4.78, 5) is 18.2. The zero-order chi connectivity index (χ0) is 21.0. The van der Waals surface area contributed by atoms with Crippen molar-refractivity contribution in [2.24, 2.45) is 0 Å². The number of alkyl halides is 3. The smallest absolute Gasteiger partial charge is 0.406 e. The highest BCUT2D eigenvalue weighted by atomic mass is 79.9. The molecule has 0 saturated carbocycles. The van der Waals surface area contributed by atoms with E-state index in [1.807, 2.05) is 6.07 Å². The summed E-state index contributed by atoms with van der Waals surface area (Å²) in [6.45, 7) is -1.24. The van der Waals surface area contributed by atoms with Gasteiger partial charge in [0.2, 0.25) is 0 Å². The summed E-state index contributed by atoms with van der Waals surface area (Å²) in [5.41, 5.74) is 0.295. The average molecular weight is 468 g/mol. The van der Waals surface area contributed by atoms with Crippen LogP contribution in [0.25, 0.3) is 0 Å². The molecule has 1 aromatic heterocycles. The van der Waals surface area contributed by atoms with Gasteiger partial charge in [-0.05, 0) is 30.3 Å². The number of hydrogen-bond donors (Lipinski definition) is 0. The highest BCUT2D eigenvalue weighted by Crippen LogP contribution is 2.28. The number of carbonyl (C=O) groups excluding carboxylic acids is 1. The summed E-state index contributed by atoms with van der Waals surface area (Å²) < 4.78 is 45.7. The summed E-state index contributed by atoms with van der Waals surface area (Å²) in [6.07, 6.45) is -1.85. The molecule has 0 aliphatic carbocycles. The molecule has 2 aromatic carbocycles. The minimum atomic E-state index is -4.37. The third-order valence-corrected chi connectivity index (χ3v) is 4.51. The highest BCUT2D eigenvalue weighted by Gasteiger charge is 2.29. The number of rotatable bonds is 6. The topological polar surface area (TPSA) is 47.4 Å². The van der Waals surface area contributed by atoms with E-state index < -0.39 is 18.6 Å². The van der Waals surface area contributed by atoms with Gasteiger partial charge in [-0.1, -0.05) is 34.1 Å². The SMILES string of the molecule is CN(Cc1nccn1CC(F)(F)F)C(=O)c1ccccc1Oc1cccc(Br)c1. The monoisotopic (exact) mass is 467 g/mol. The fourth-order valence-corrected chi connectivity index (χ4v) is 3.09. The van der Waals surface area contributed by atoms with Crippen LogP contribution >= 0.6 is 15.9 Å². The average Bonchev–Trinajstić information content (AvgIpc) is 3.06. The number of para-hydroxylation sites is 1. The molecule has 5 nitrogen and oxygen atoms in total. The van der Waals surface area contributed by atoms with Crippen molar-refractivity contribution in [2.75, 3.05) is 7.05 Å². The van der Waals surface area contributed by atoms with Crippen LogP contribution in [-0.2, 0) is 13.1 Å². The Morgan fingerprint density at radius 2 is 1.97 bits per heavy atom. The number of ether oxygens (including phenoxy) is 1. The molecular formula is C20H17BrF3N3O2. The molecular weight excluding hydrogens is 451 g/mol. The van der Waals surface area contributed by atoms with Crippen LogP contribution < -0.4 is 4.74 Å². The molecule has 0 atom stereocenters. The molecule has 0 saturated heterocycles. The Hall–Kier alpha value is -2.81. The fourth-order valence-electron chi connectivity index (χ4n) is 2.71. The molecule has 0 spiro atoms. The Kier molecular flexibility index (Phi) is 6.26. The van der Waals surface area contributed by atoms with E-state index in [4.69, 9.17) is 4.74 Å². The van der Waals surface area contributed by atoms with Gasteiger partial charge in [-0.3, -0.25) is 4.79 Å². The van der Waals surface area contributed by atoms with Gasteiger partial charge < -0.3 is 14.2 Å². The van der Waals surface area contributed by atoms with Crippen molar-refractivity contribution in [2.45, 2.75) is 19.3 Å². The van der Waals surface area contributed by atoms with E-state index in [1.54, 1.807) is 42.5 Å². The number of hydrogen-bond acceptors (Lipinski definition) is 3. The quantitative estimate of drug-likeness (QED) is 0.495. The standard InChI is InChI=1S/C20H17BrF3N3O2/c1-26(12-18-25-9-10-27(18)13-20(22,23)24)19(28)16-7-2-3-8-17(16)29-15-6-4-5-14(21)11-15/h2-11H,12-13H2,1H3. The summed E-state index contributed by atoms with van der Waals surface area (Å²) in [5, 5.41) is 0. The maximum atomic E-state index is 12.9. The first-order valence-corrected chi connectivity index (χ1v) is 9.37. The zero-order valence-electron chi connectivity index (χ0n) is 15.4. The van der Waals surface area contributed by atoms with Gasteiger partial charge in [-0.15, -0.1) is 0 Å². The van der Waals surface area contributed by atoms with Crippen molar-refractivity contribution in [1.82, 2.24) is 14.5 Å². The van der Waals surface area contributed by atoms with Crippen LogP contribution in [0.15, 0.2) is 65.4 Å².